The van der Waals surface area contributed by atoms with Crippen molar-refractivity contribution in [3.05, 3.63) is 35.4 Å². The lowest BCUT2D eigenvalue weighted by atomic mass is 9.93. The highest BCUT2D eigenvalue weighted by Crippen LogP contribution is 2.22. The van der Waals surface area contributed by atoms with E-state index in [9.17, 15) is 9.90 Å². The molecule has 0 spiro atoms. The van der Waals surface area contributed by atoms with Crippen LogP contribution in [0.5, 0.6) is 0 Å². The number of rotatable bonds is 4. The molecule has 1 heterocycles. The molecule has 0 bridgehead atoms. The highest BCUT2D eigenvalue weighted by molar-refractivity contribution is 6.02. The van der Waals surface area contributed by atoms with Crippen molar-refractivity contribution in [2.45, 2.75) is 5.92 Å². The lowest BCUT2D eigenvalue weighted by molar-refractivity contribution is -0.138. The molecule has 96 valence electrons. The molecular formula is C13H17N3O2. The van der Waals surface area contributed by atoms with Gasteiger partial charge in [0.25, 0.3) is 0 Å². The number of likely N-dealkylation sites (N-methyl/N-ethyl adjacent to an activating group) is 1. The van der Waals surface area contributed by atoms with Crippen LogP contribution in [0.15, 0.2) is 29.3 Å². The van der Waals surface area contributed by atoms with Gasteiger partial charge in [-0.15, -0.1) is 0 Å². The first kappa shape index (κ1) is 12.6. The first-order chi connectivity index (χ1) is 8.65. The molecule has 0 saturated heterocycles. The number of amidine groups is 1. The third-order valence-electron chi connectivity index (χ3n) is 3.17. The number of hydrogen-bond donors (Lipinski definition) is 2. The van der Waals surface area contributed by atoms with E-state index >= 15 is 0 Å². The molecule has 2 rings (SSSR count). The summed E-state index contributed by atoms with van der Waals surface area (Å²) in [7, 11) is 1.96. The number of aliphatic carboxylic acids is 1. The van der Waals surface area contributed by atoms with Gasteiger partial charge in [0.2, 0.25) is 0 Å². The molecule has 0 saturated carbocycles. The highest BCUT2D eigenvalue weighted by Gasteiger charge is 2.25. The van der Waals surface area contributed by atoms with Crippen LogP contribution in [-0.4, -0.2) is 48.5 Å². The molecule has 5 heteroatoms. The predicted molar refractivity (Wildman–Crippen MR) is 69.9 cm³/mol. The zero-order valence-electron chi connectivity index (χ0n) is 10.3. The van der Waals surface area contributed by atoms with E-state index in [2.05, 4.69) is 4.99 Å². The van der Waals surface area contributed by atoms with Gasteiger partial charge in [-0.2, -0.15) is 0 Å². The van der Waals surface area contributed by atoms with E-state index in [1.165, 1.54) is 0 Å². The lowest BCUT2D eigenvalue weighted by Gasteiger charge is -2.19. The van der Waals surface area contributed by atoms with Crippen LogP contribution in [0.1, 0.15) is 17.0 Å². The molecule has 0 fully saturated rings. The topological polar surface area (TPSA) is 78.9 Å². The van der Waals surface area contributed by atoms with Gasteiger partial charge in [0, 0.05) is 25.7 Å². The van der Waals surface area contributed by atoms with Crippen molar-refractivity contribution in [2.24, 2.45) is 10.7 Å². The van der Waals surface area contributed by atoms with Crippen molar-refractivity contribution in [1.29, 1.82) is 0 Å². The van der Waals surface area contributed by atoms with E-state index in [1.807, 2.05) is 36.2 Å². The fourth-order valence-electron chi connectivity index (χ4n) is 2.19. The third kappa shape index (κ3) is 2.22. The van der Waals surface area contributed by atoms with Gasteiger partial charge < -0.3 is 15.7 Å². The number of carboxylic acid groups (broad SMARTS) is 1. The average Bonchev–Trinajstić information content (AvgIpc) is 2.76. The summed E-state index contributed by atoms with van der Waals surface area (Å²) in [6.07, 6.45) is 0. The van der Waals surface area contributed by atoms with Gasteiger partial charge in [-0.05, 0) is 5.56 Å². The molecule has 1 aromatic rings. The first-order valence-corrected chi connectivity index (χ1v) is 5.93. The van der Waals surface area contributed by atoms with Gasteiger partial charge in [0.1, 0.15) is 5.84 Å². The maximum absolute atomic E-state index is 11.2. The maximum Gasteiger partial charge on any atom is 0.312 e. The van der Waals surface area contributed by atoms with Gasteiger partial charge in [-0.25, -0.2) is 0 Å². The standard InChI is InChI=1S/C13H17N3O2/c1-16-7-6-15-12(16)10-5-3-2-4-9(10)11(8-14)13(17)18/h2-5,11H,6-8,14H2,1H3,(H,17,18). The molecule has 0 aliphatic carbocycles. The average molecular weight is 247 g/mol. The summed E-state index contributed by atoms with van der Waals surface area (Å²) in [6.45, 7) is 1.70. The van der Waals surface area contributed by atoms with Crippen LogP contribution in [0, 0.1) is 0 Å². The van der Waals surface area contributed by atoms with E-state index < -0.39 is 11.9 Å². The SMILES string of the molecule is CN1CCN=C1c1ccccc1C(CN)C(=O)O. The first-order valence-electron chi connectivity index (χ1n) is 5.93. The Hall–Kier alpha value is -1.88. The molecule has 0 aromatic heterocycles. The maximum atomic E-state index is 11.2. The van der Waals surface area contributed by atoms with Gasteiger partial charge in [0.05, 0.1) is 12.5 Å². The minimum atomic E-state index is -0.897. The summed E-state index contributed by atoms with van der Waals surface area (Å²) in [5.41, 5.74) is 7.18. The molecular weight excluding hydrogens is 230 g/mol. The van der Waals surface area contributed by atoms with Crippen molar-refractivity contribution in [1.82, 2.24) is 4.90 Å². The van der Waals surface area contributed by atoms with Crippen LogP contribution in [0.4, 0.5) is 0 Å². The van der Waals surface area contributed by atoms with Crippen molar-refractivity contribution < 1.29 is 9.90 Å². The van der Waals surface area contributed by atoms with Crippen molar-refractivity contribution in [2.75, 3.05) is 26.7 Å². The van der Waals surface area contributed by atoms with Crippen molar-refractivity contribution in [3.8, 4) is 0 Å². The number of aliphatic imine (C=N–C) groups is 1. The Labute approximate surface area is 106 Å². The van der Waals surface area contributed by atoms with Gasteiger partial charge in [0.15, 0.2) is 0 Å². The largest absolute Gasteiger partial charge is 0.481 e. The molecule has 1 atom stereocenters. The molecule has 1 aliphatic heterocycles. The van der Waals surface area contributed by atoms with E-state index in [4.69, 9.17) is 5.73 Å². The quantitative estimate of drug-likeness (QED) is 0.812. The number of nitrogens with zero attached hydrogens (tertiary/aromatic N) is 2. The minimum absolute atomic E-state index is 0.0866. The Morgan fingerprint density at radius 2 is 2.28 bits per heavy atom. The Balaban J connectivity index is 2.45. The van der Waals surface area contributed by atoms with Crippen LogP contribution in [0.2, 0.25) is 0 Å². The molecule has 18 heavy (non-hydrogen) atoms. The summed E-state index contributed by atoms with van der Waals surface area (Å²) >= 11 is 0. The van der Waals surface area contributed by atoms with E-state index in [0.29, 0.717) is 0 Å². The van der Waals surface area contributed by atoms with Crippen molar-refractivity contribution >= 4 is 11.8 Å². The lowest BCUT2D eigenvalue weighted by Crippen LogP contribution is -2.28. The number of hydrogen-bond acceptors (Lipinski definition) is 4. The number of carboxylic acids is 1. The smallest absolute Gasteiger partial charge is 0.312 e. The van der Waals surface area contributed by atoms with Crippen LogP contribution >= 0.6 is 0 Å². The van der Waals surface area contributed by atoms with E-state index in [0.717, 1.165) is 30.1 Å². The molecule has 0 radical (unpaired) electrons. The number of nitrogens with two attached hydrogens (primary N) is 1. The van der Waals surface area contributed by atoms with Gasteiger partial charge in [-0.1, -0.05) is 24.3 Å². The fraction of sp³-hybridized carbons (Fsp3) is 0.385. The molecule has 1 aliphatic rings. The number of carbonyl (C=O) groups is 1. The van der Waals surface area contributed by atoms with Crippen LogP contribution in [0.3, 0.4) is 0 Å². The zero-order valence-corrected chi connectivity index (χ0v) is 10.3. The molecule has 5 nitrogen and oxygen atoms in total. The Bertz CT molecular complexity index is 485. The minimum Gasteiger partial charge on any atom is -0.481 e. The monoisotopic (exact) mass is 247 g/mol. The Morgan fingerprint density at radius 3 is 2.83 bits per heavy atom. The molecule has 3 N–H and O–H groups in total. The second kappa shape index (κ2) is 5.18. The Morgan fingerprint density at radius 1 is 1.56 bits per heavy atom. The molecule has 1 unspecified atom stereocenters. The molecule has 1 aromatic carbocycles. The van der Waals surface area contributed by atoms with Crippen LogP contribution in [0.25, 0.3) is 0 Å². The van der Waals surface area contributed by atoms with Crippen molar-refractivity contribution in [3.63, 3.8) is 0 Å². The van der Waals surface area contributed by atoms with Gasteiger partial charge in [-0.3, -0.25) is 9.79 Å². The summed E-state index contributed by atoms with van der Waals surface area (Å²) in [5.74, 6) is -0.727. The predicted octanol–water partition coefficient (Wildman–Crippen LogP) is 0.506. The summed E-state index contributed by atoms with van der Waals surface area (Å²) in [4.78, 5) is 17.7. The number of benzene rings is 1. The Kier molecular flexibility index (Phi) is 3.62. The van der Waals surface area contributed by atoms with E-state index in [-0.39, 0.29) is 6.54 Å². The third-order valence-corrected chi connectivity index (χ3v) is 3.17. The zero-order chi connectivity index (χ0) is 13.1. The fourth-order valence-corrected chi connectivity index (χ4v) is 2.19. The molecule has 0 amide bonds. The van der Waals surface area contributed by atoms with E-state index in [1.54, 1.807) is 0 Å². The normalized spacial score (nSPS) is 16.6. The summed E-state index contributed by atoms with van der Waals surface area (Å²) in [5, 5.41) is 9.23. The van der Waals surface area contributed by atoms with Crippen LogP contribution < -0.4 is 5.73 Å². The summed E-state index contributed by atoms with van der Waals surface area (Å²) < 4.78 is 0. The second-order valence-corrected chi connectivity index (χ2v) is 4.34. The summed E-state index contributed by atoms with van der Waals surface area (Å²) in [6, 6.07) is 7.44. The second-order valence-electron chi connectivity index (χ2n) is 4.34. The highest BCUT2D eigenvalue weighted by atomic mass is 16.4. The van der Waals surface area contributed by atoms with Crippen LogP contribution in [-0.2, 0) is 4.79 Å². The van der Waals surface area contributed by atoms with Gasteiger partial charge >= 0.3 is 5.97 Å².